The van der Waals surface area contributed by atoms with E-state index in [2.05, 4.69) is 0 Å². The third-order valence-electron chi connectivity index (χ3n) is 2.29. The number of benzene rings is 1. The first-order valence-electron chi connectivity index (χ1n) is 4.85. The van der Waals surface area contributed by atoms with Crippen LogP contribution in [0.5, 0.6) is 0 Å². The van der Waals surface area contributed by atoms with Gasteiger partial charge in [-0.2, -0.15) is 5.26 Å². The Balaban J connectivity index is 2.84. The summed E-state index contributed by atoms with van der Waals surface area (Å²) in [5, 5.41) is 9.34. The molecule has 2 aromatic rings. The lowest BCUT2D eigenvalue weighted by atomic mass is 10.3. The summed E-state index contributed by atoms with van der Waals surface area (Å²) >= 11 is 17.7. The minimum Gasteiger partial charge on any atom is -0.273 e. The van der Waals surface area contributed by atoms with Crippen LogP contribution in [0.25, 0.3) is 5.69 Å². The monoisotopic (exact) mass is 315 g/mol. The molecule has 96 valence electrons. The highest BCUT2D eigenvalue weighted by atomic mass is 35.5. The molecule has 0 spiro atoms. The third kappa shape index (κ3) is 2.51. The summed E-state index contributed by atoms with van der Waals surface area (Å²) in [6.07, 6.45) is 1.07. The molecule has 0 aliphatic carbocycles. The zero-order valence-corrected chi connectivity index (χ0v) is 11.3. The Morgan fingerprint density at radius 2 is 1.74 bits per heavy atom. The summed E-state index contributed by atoms with van der Waals surface area (Å²) in [6, 6.07) is 4.46. The fourth-order valence-corrected chi connectivity index (χ4v) is 2.48. The molecule has 0 amide bonds. The number of rotatable bonds is 1. The van der Waals surface area contributed by atoms with Gasteiger partial charge < -0.3 is 0 Å². The molecule has 19 heavy (non-hydrogen) atoms. The fraction of sp³-hybridized carbons (Fsp3) is 0. The van der Waals surface area contributed by atoms with Gasteiger partial charge in [-0.1, -0.05) is 34.8 Å². The first-order valence-corrected chi connectivity index (χ1v) is 5.98. The van der Waals surface area contributed by atoms with Crippen molar-refractivity contribution in [2.24, 2.45) is 0 Å². The predicted molar refractivity (Wildman–Crippen MR) is 72.4 cm³/mol. The van der Waals surface area contributed by atoms with Crippen LogP contribution < -0.4 is 11.2 Å². The topological polar surface area (TPSA) is 78.7 Å². The number of aromatic amines is 1. The molecule has 0 radical (unpaired) electrons. The molecule has 1 N–H and O–H groups in total. The number of hydrogen-bond donors (Lipinski definition) is 1. The van der Waals surface area contributed by atoms with Gasteiger partial charge in [0.15, 0.2) is 0 Å². The van der Waals surface area contributed by atoms with Gasteiger partial charge in [0, 0.05) is 11.2 Å². The van der Waals surface area contributed by atoms with Crippen molar-refractivity contribution in [3.63, 3.8) is 0 Å². The molecule has 1 aromatic carbocycles. The van der Waals surface area contributed by atoms with E-state index in [1.165, 1.54) is 12.1 Å². The lowest BCUT2D eigenvalue weighted by molar-refractivity contribution is 0.890. The highest BCUT2D eigenvalue weighted by Crippen LogP contribution is 2.31. The summed E-state index contributed by atoms with van der Waals surface area (Å²) in [4.78, 5) is 25.1. The lowest BCUT2D eigenvalue weighted by Gasteiger charge is -2.10. The van der Waals surface area contributed by atoms with Crippen molar-refractivity contribution >= 4 is 34.8 Å². The van der Waals surface area contributed by atoms with Gasteiger partial charge in [0.2, 0.25) is 0 Å². The van der Waals surface area contributed by atoms with E-state index in [1.54, 1.807) is 6.07 Å². The van der Waals surface area contributed by atoms with Gasteiger partial charge in [-0.05, 0) is 12.1 Å². The molecule has 5 nitrogen and oxygen atoms in total. The van der Waals surface area contributed by atoms with Crippen LogP contribution in [0.2, 0.25) is 15.1 Å². The number of nitriles is 1. The first-order chi connectivity index (χ1) is 8.93. The molecule has 0 aliphatic heterocycles. The Morgan fingerprint density at radius 3 is 2.26 bits per heavy atom. The van der Waals surface area contributed by atoms with Crippen LogP contribution in [-0.2, 0) is 0 Å². The molecule has 0 saturated carbocycles. The second-order valence-electron chi connectivity index (χ2n) is 3.50. The molecule has 0 aliphatic rings. The first kappa shape index (κ1) is 13.7. The number of nitrogens with one attached hydrogen (secondary N) is 1. The van der Waals surface area contributed by atoms with Gasteiger partial charge >= 0.3 is 5.69 Å². The average molecular weight is 317 g/mol. The van der Waals surface area contributed by atoms with Crippen molar-refractivity contribution in [1.82, 2.24) is 9.55 Å². The lowest BCUT2D eigenvalue weighted by Crippen LogP contribution is -2.30. The SMILES string of the molecule is N#Cc1cn(-c2c(Cl)cc(Cl)cc2Cl)c(=O)[nH]c1=O. The number of halogens is 3. The molecule has 0 atom stereocenters. The maximum Gasteiger partial charge on any atom is 0.333 e. The van der Waals surface area contributed by atoms with Gasteiger partial charge in [0.05, 0.1) is 15.7 Å². The van der Waals surface area contributed by atoms with Crippen LogP contribution in [0.3, 0.4) is 0 Å². The Bertz CT molecular complexity index is 794. The van der Waals surface area contributed by atoms with Gasteiger partial charge in [0.1, 0.15) is 11.6 Å². The van der Waals surface area contributed by atoms with Crippen molar-refractivity contribution in [2.45, 2.75) is 0 Å². The highest BCUT2D eigenvalue weighted by molar-refractivity contribution is 6.40. The summed E-state index contributed by atoms with van der Waals surface area (Å²) in [6.45, 7) is 0. The zero-order valence-electron chi connectivity index (χ0n) is 9.08. The number of hydrogen-bond acceptors (Lipinski definition) is 3. The molecule has 0 bridgehead atoms. The molecule has 1 aromatic heterocycles. The molecular weight excluding hydrogens is 312 g/mol. The van der Waals surface area contributed by atoms with Crippen molar-refractivity contribution in [1.29, 1.82) is 5.26 Å². The van der Waals surface area contributed by atoms with Crippen LogP contribution in [0, 0.1) is 11.3 Å². The van der Waals surface area contributed by atoms with Crippen LogP contribution in [-0.4, -0.2) is 9.55 Å². The minimum atomic E-state index is -0.773. The van der Waals surface area contributed by atoms with E-state index in [4.69, 9.17) is 40.1 Å². The Labute approximate surface area is 121 Å². The second-order valence-corrected chi connectivity index (χ2v) is 4.75. The van der Waals surface area contributed by atoms with E-state index in [-0.39, 0.29) is 21.3 Å². The fourth-order valence-electron chi connectivity index (χ4n) is 1.48. The second kappa shape index (κ2) is 5.10. The Hall–Kier alpha value is -1.74. The summed E-state index contributed by atoms with van der Waals surface area (Å²) in [5.41, 5.74) is -1.62. The van der Waals surface area contributed by atoms with Crippen LogP contribution in [0.4, 0.5) is 0 Å². The number of H-pyrrole nitrogens is 1. The Morgan fingerprint density at radius 1 is 1.16 bits per heavy atom. The maximum atomic E-state index is 11.7. The van der Waals surface area contributed by atoms with E-state index in [1.807, 2.05) is 4.98 Å². The summed E-state index contributed by atoms with van der Waals surface area (Å²) in [7, 11) is 0. The third-order valence-corrected chi connectivity index (χ3v) is 3.08. The zero-order chi connectivity index (χ0) is 14.2. The Kier molecular flexibility index (Phi) is 3.67. The largest absolute Gasteiger partial charge is 0.333 e. The summed E-state index contributed by atoms with van der Waals surface area (Å²) < 4.78 is 0.987. The normalized spacial score (nSPS) is 10.2. The maximum absolute atomic E-state index is 11.7. The van der Waals surface area contributed by atoms with E-state index >= 15 is 0 Å². The molecule has 8 heteroatoms. The van der Waals surface area contributed by atoms with Gasteiger partial charge in [-0.3, -0.25) is 14.3 Å². The predicted octanol–water partition coefficient (Wildman–Crippen LogP) is 2.36. The van der Waals surface area contributed by atoms with Gasteiger partial charge in [0.25, 0.3) is 5.56 Å². The van der Waals surface area contributed by atoms with E-state index in [9.17, 15) is 9.59 Å². The van der Waals surface area contributed by atoms with Gasteiger partial charge in [-0.15, -0.1) is 0 Å². The molecule has 2 rings (SSSR count). The van der Waals surface area contributed by atoms with E-state index in [0.717, 1.165) is 10.8 Å². The minimum absolute atomic E-state index is 0.121. The standard InChI is InChI=1S/C11H4Cl3N3O2/c12-6-1-7(13)9(8(14)2-6)17-4-5(3-15)10(18)16-11(17)19/h1-2,4H,(H,16,18,19). The van der Waals surface area contributed by atoms with E-state index < -0.39 is 11.2 Å². The smallest absolute Gasteiger partial charge is 0.273 e. The van der Waals surface area contributed by atoms with Crippen LogP contribution in [0.1, 0.15) is 5.56 Å². The molecule has 0 unspecified atom stereocenters. The number of nitrogens with zero attached hydrogens (tertiary/aromatic N) is 2. The van der Waals surface area contributed by atoms with Crippen LogP contribution >= 0.6 is 34.8 Å². The molecule has 1 heterocycles. The molecule has 0 fully saturated rings. The summed E-state index contributed by atoms with van der Waals surface area (Å²) in [5.74, 6) is 0. The van der Waals surface area contributed by atoms with Crippen molar-refractivity contribution in [3.05, 3.63) is 59.8 Å². The quantitative estimate of drug-likeness (QED) is 0.877. The average Bonchev–Trinajstić information content (AvgIpc) is 2.30. The van der Waals surface area contributed by atoms with Gasteiger partial charge in [-0.25, -0.2) is 4.79 Å². The molecule has 0 saturated heterocycles. The van der Waals surface area contributed by atoms with Crippen molar-refractivity contribution < 1.29 is 0 Å². The van der Waals surface area contributed by atoms with Crippen molar-refractivity contribution in [3.8, 4) is 11.8 Å². The molecular formula is C11H4Cl3N3O2. The van der Waals surface area contributed by atoms with Crippen LogP contribution in [0.15, 0.2) is 27.9 Å². The van der Waals surface area contributed by atoms with Crippen molar-refractivity contribution in [2.75, 3.05) is 0 Å². The highest BCUT2D eigenvalue weighted by Gasteiger charge is 2.13. The van der Waals surface area contributed by atoms with E-state index in [0.29, 0.717) is 5.02 Å². The number of aromatic nitrogens is 2.